The minimum absolute atomic E-state index is 0.153. The molecule has 2 aromatic carbocycles. The van der Waals surface area contributed by atoms with Crippen LogP contribution in [0.4, 0.5) is 0 Å². The lowest BCUT2D eigenvalue weighted by Gasteiger charge is -2.31. The van der Waals surface area contributed by atoms with Crippen molar-refractivity contribution in [2.75, 3.05) is 19.6 Å². The van der Waals surface area contributed by atoms with Gasteiger partial charge in [-0.05, 0) is 55.9 Å². The number of para-hydroxylation sites is 2. The molecule has 0 aromatic heterocycles. The zero-order valence-electron chi connectivity index (χ0n) is 16.3. The molecule has 0 spiro atoms. The highest BCUT2D eigenvalue weighted by Crippen LogP contribution is 2.33. The first-order valence-corrected chi connectivity index (χ1v) is 11.6. The molecule has 1 aliphatic carbocycles. The number of hydrogen-bond acceptors (Lipinski definition) is 4. The molecule has 7 heteroatoms. The minimum Gasteiger partial charge on any atom is -0.457 e. The van der Waals surface area contributed by atoms with E-state index in [0.717, 1.165) is 25.7 Å². The van der Waals surface area contributed by atoms with Crippen molar-refractivity contribution in [3.05, 3.63) is 60.2 Å². The van der Waals surface area contributed by atoms with Crippen LogP contribution in [0, 0.1) is 5.92 Å². The highest BCUT2D eigenvalue weighted by atomic mass is 32.2. The average molecular weight is 415 g/mol. The van der Waals surface area contributed by atoms with Gasteiger partial charge in [0.2, 0.25) is 10.0 Å². The lowest BCUT2D eigenvalue weighted by atomic mass is 9.98. The molecule has 154 valence electrons. The van der Waals surface area contributed by atoms with Crippen LogP contribution >= 0.6 is 0 Å². The summed E-state index contributed by atoms with van der Waals surface area (Å²) >= 11 is 0. The molecule has 1 aliphatic heterocycles. The van der Waals surface area contributed by atoms with Crippen molar-refractivity contribution in [2.45, 2.75) is 30.9 Å². The summed E-state index contributed by atoms with van der Waals surface area (Å²) in [5, 5.41) is 2.84. The monoisotopic (exact) mass is 414 g/mol. The number of piperidine rings is 1. The Morgan fingerprint density at radius 2 is 1.62 bits per heavy atom. The number of ether oxygens (including phenoxy) is 1. The molecule has 1 saturated carbocycles. The number of nitrogens with one attached hydrogen (secondary N) is 1. The predicted octanol–water partition coefficient (Wildman–Crippen LogP) is 3.41. The molecule has 2 aromatic rings. The summed E-state index contributed by atoms with van der Waals surface area (Å²) in [5.74, 6) is 1.30. The Bertz CT molecular complexity index is 950. The molecule has 0 atom stereocenters. The van der Waals surface area contributed by atoms with Crippen molar-refractivity contribution in [1.29, 1.82) is 0 Å². The van der Waals surface area contributed by atoms with E-state index in [2.05, 4.69) is 5.32 Å². The summed E-state index contributed by atoms with van der Waals surface area (Å²) in [6.45, 7) is 1.63. The van der Waals surface area contributed by atoms with E-state index in [0.29, 0.717) is 36.7 Å². The van der Waals surface area contributed by atoms with Gasteiger partial charge in [0.1, 0.15) is 11.5 Å². The Morgan fingerprint density at radius 3 is 2.31 bits per heavy atom. The number of carbonyl (C=O) groups is 1. The summed E-state index contributed by atoms with van der Waals surface area (Å²) in [6, 6.07) is 16.5. The van der Waals surface area contributed by atoms with E-state index >= 15 is 0 Å². The average Bonchev–Trinajstić information content (AvgIpc) is 3.60. The van der Waals surface area contributed by atoms with Crippen LogP contribution < -0.4 is 10.1 Å². The van der Waals surface area contributed by atoms with Gasteiger partial charge in [0.05, 0.1) is 10.8 Å². The molecule has 6 nitrogen and oxygen atoms in total. The predicted molar refractivity (Wildman–Crippen MR) is 112 cm³/mol. The molecule has 0 unspecified atom stereocenters. The maximum Gasteiger partial charge on any atom is 0.255 e. The summed E-state index contributed by atoms with van der Waals surface area (Å²) in [7, 11) is -3.09. The highest BCUT2D eigenvalue weighted by Gasteiger charge is 2.41. The Kier molecular flexibility index (Phi) is 5.87. The van der Waals surface area contributed by atoms with Gasteiger partial charge in [0, 0.05) is 19.6 Å². The van der Waals surface area contributed by atoms with Gasteiger partial charge in [0.25, 0.3) is 5.91 Å². The first-order chi connectivity index (χ1) is 14.0. The van der Waals surface area contributed by atoms with Crippen LogP contribution in [0.25, 0.3) is 0 Å². The smallest absolute Gasteiger partial charge is 0.255 e. The molecule has 1 N–H and O–H groups in total. The molecule has 1 saturated heterocycles. The van der Waals surface area contributed by atoms with E-state index in [1.54, 1.807) is 16.4 Å². The van der Waals surface area contributed by atoms with Crippen LogP contribution in [0.3, 0.4) is 0 Å². The molecule has 2 aliphatic rings. The second-order valence-corrected chi connectivity index (χ2v) is 9.92. The summed E-state index contributed by atoms with van der Waals surface area (Å²) in [4.78, 5) is 12.7. The number of benzene rings is 2. The topological polar surface area (TPSA) is 75.7 Å². The van der Waals surface area contributed by atoms with Crippen molar-refractivity contribution in [3.8, 4) is 11.5 Å². The van der Waals surface area contributed by atoms with Crippen molar-refractivity contribution < 1.29 is 17.9 Å². The molecule has 0 radical (unpaired) electrons. The normalized spacial score (nSPS) is 18.3. The van der Waals surface area contributed by atoms with E-state index in [4.69, 9.17) is 4.74 Å². The fourth-order valence-corrected chi connectivity index (χ4v) is 5.51. The lowest BCUT2D eigenvalue weighted by molar-refractivity contribution is 0.0939. The van der Waals surface area contributed by atoms with Gasteiger partial charge in [0.15, 0.2) is 0 Å². The van der Waals surface area contributed by atoms with Crippen molar-refractivity contribution in [3.63, 3.8) is 0 Å². The lowest BCUT2D eigenvalue weighted by Crippen LogP contribution is -2.42. The van der Waals surface area contributed by atoms with Crippen molar-refractivity contribution in [2.24, 2.45) is 5.92 Å². The third-order valence-electron chi connectivity index (χ3n) is 5.53. The second-order valence-electron chi connectivity index (χ2n) is 7.71. The van der Waals surface area contributed by atoms with Gasteiger partial charge >= 0.3 is 0 Å². The van der Waals surface area contributed by atoms with Gasteiger partial charge in [-0.1, -0.05) is 30.3 Å². The Labute approximate surface area is 171 Å². The summed E-state index contributed by atoms with van der Waals surface area (Å²) in [6.07, 6.45) is 3.13. The van der Waals surface area contributed by atoms with Gasteiger partial charge in [-0.3, -0.25) is 4.79 Å². The standard InChI is InChI=1S/C22H26N2O4S/c25-22(20-8-4-5-9-21(20)28-18-6-2-1-3-7-18)23-16-17-12-14-24(15-13-17)29(26,27)19-10-11-19/h1-9,17,19H,10-16H2,(H,23,25). The van der Waals surface area contributed by atoms with Crippen LogP contribution in [-0.2, 0) is 10.0 Å². The largest absolute Gasteiger partial charge is 0.457 e. The first-order valence-electron chi connectivity index (χ1n) is 10.1. The highest BCUT2D eigenvalue weighted by molar-refractivity contribution is 7.90. The van der Waals surface area contributed by atoms with Crippen LogP contribution in [0.2, 0.25) is 0 Å². The molecule has 1 amide bonds. The van der Waals surface area contributed by atoms with Crippen LogP contribution in [0.15, 0.2) is 54.6 Å². The van der Waals surface area contributed by atoms with Gasteiger partial charge in [-0.25, -0.2) is 12.7 Å². The number of amides is 1. The fraction of sp³-hybridized carbons (Fsp3) is 0.409. The molecule has 1 heterocycles. The molecular formula is C22H26N2O4S. The van der Waals surface area contributed by atoms with Crippen LogP contribution in [0.5, 0.6) is 11.5 Å². The van der Waals surface area contributed by atoms with E-state index in [1.165, 1.54) is 0 Å². The fourth-order valence-electron chi connectivity index (χ4n) is 3.64. The van der Waals surface area contributed by atoms with Crippen molar-refractivity contribution in [1.82, 2.24) is 9.62 Å². The minimum atomic E-state index is -3.09. The maximum atomic E-state index is 12.7. The van der Waals surface area contributed by atoms with Crippen LogP contribution in [0.1, 0.15) is 36.0 Å². The second kappa shape index (κ2) is 8.55. The zero-order valence-corrected chi connectivity index (χ0v) is 17.1. The zero-order chi connectivity index (χ0) is 20.3. The third kappa shape index (κ3) is 4.79. The van der Waals surface area contributed by atoms with E-state index < -0.39 is 10.0 Å². The Balaban J connectivity index is 1.31. The number of nitrogens with zero attached hydrogens (tertiary/aromatic N) is 1. The molecule has 29 heavy (non-hydrogen) atoms. The van der Waals surface area contributed by atoms with Crippen LogP contribution in [-0.4, -0.2) is 43.5 Å². The summed E-state index contributed by atoms with van der Waals surface area (Å²) < 4.78 is 32.2. The third-order valence-corrected chi connectivity index (χ3v) is 7.93. The van der Waals surface area contributed by atoms with Crippen molar-refractivity contribution >= 4 is 15.9 Å². The van der Waals surface area contributed by atoms with Gasteiger partial charge in [-0.2, -0.15) is 0 Å². The summed E-state index contributed by atoms with van der Waals surface area (Å²) in [5.41, 5.74) is 0.491. The van der Waals surface area contributed by atoms with Gasteiger partial charge in [-0.15, -0.1) is 0 Å². The molecule has 2 fully saturated rings. The maximum absolute atomic E-state index is 12.7. The van der Waals surface area contributed by atoms with E-state index in [1.807, 2.05) is 42.5 Å². The van der Waals surface area contributed by atoms with E-state index in [-0.39, 0.29) is 17.1 Å². The number of hydrogen-bond donors (Lipinski definition) is 1. The Morgan fingerprint density at radius 1 is 0.966 bits per heavy atom. The number of rotatable bonds is 7. The number of carbonyl (C=O) groups excluding carboxylic acids is 1. The number of sulfonamides is 1. The first kappa shape index (κ1) is 19.9. The molecular weight excluding hydrogens is 388 g/mol. The van der Waals surface area contributed by atoms with Gasteiger partial charge < -0.3 is 10.1 Å². The van der Waals surface area contributed by atoms with E-state index in [9.17, 15) is 13.2 Å². The molecule has 0 bridgehead atoms. The Hall–Kier alpha value is -2.38. The SMILES string of the molecule is O=C(NCC1CCN(S(=O)(=O)C2CC2)CC1)c1ccccc1Oc1ccccc1. The quantitative estimate of drug-likeness (QED) is 0.753. The molecule has 4 rings (SSSR count).